The number of nitrogens with zero attached hydrogens (tertiary/aromatic N) is 2. The van der Waals surface area contributed by atoms with Gasteiger partial charge >= 0.3 is 0 Å². The Kier molecular flexibility index (Phi) is 5.36. The van der Waals surface area contributed by atoms with Crippen LogP contribution >= 0.6 is 0 Å². The van der Waals surface area contributed by atoms with Crippen LogP contribution in [0.4, 0.5) is 0 Å². The lowest BCUT2D eigenvalue weighted by atomic mass is 10.3. The predicted octanol–water partition coefficient (Wildman–Crippen LogP) is 1.34. The highest BCUT2D eigenvalue weighted by molar-refractivity contribution is 5.04. The van der Waals surface area contributed by atoms with Crippen molar-refractivity contribution in [1.82, 2.24) is 14.9 Å². The molecular weight excluding hydrogens is 190 g/mol. The quantitative estimate of drug-likeness (QED) is 0.692. The van der Waals surface area contributed by atoms with Crippen LogP contribution in [0.3, 0.4) is 0 Å². The van der Waals surface area contributed by atoms with Gasteiger partial charge in [-0.1, -0.05) is 0 Å². The summed E-state index contributed by atoms with van der Waals surface area (Å²) in [6.07, 6.45) is 4.19. The molecule has 15 heavy (non-hydrogen) atoms. The first-order valence-corrected chi connectivity index (χ1v) is 5.44. The van der Waals surface area contributed by atoms with E-state index in [1.807, 2.05) is 13.2 Å². The third-order valence-electron chi connectivity index (χ3n) is 2.48. The van der Waals surface area contributed by atoms with Crippen LogP contribution < -0.4 is 5.32 Å². The molecule has 0 atom stereocenters. The number of aryl methyl sites for hydroxylation is 1. The molecule has 86 valence electrons. The van der Waals surface area contributed by atoms with Crippen molar-refractivity contribution >= 4 is 0 Å². The summed E-state index contributed by atoms with van der Waals surface area (Å²) in [4.78, 5) is 4.33. The number of rotatable bonds is 7. The molecule has 1 heterocycles. The molecule has 0 radical (unpaired) electrons. The molecule has 0 fully saturated rings. The summed E-state index contributed by atoms with van der Waals surface area (Å²) in [7, 11) is 3.70. The van der Waals surface area contributed by atoms with Crippen molar-refractivity contribution in [3.63, 3.8) is 0 Å². The maximum absolute atomic E-state index is 5.03. The minimum atomic E-state index is 0.842. The maximum Gasteiger partial charge on any atom is 0.105 e. The summed E-state index contributed by atoms with van der Waals surface area (Å²) < 4.78 is 7.30. The van der Waals surface area contributed by atoms with Crippen molar-refractivity contribution in [2.45, 2.75) is 32.9 Å². The summed E-state index contributed by atoms with van der Waals surface area (Å²) in [5.74, 6) is 1.10. The second-order valence-corrected chi connectivity index (χ2v) is 3.68. The Labute approximate surface area is 91.7 Å². The zero-order valence-corrected chi connectivity index (χ0v) is 9.92. The van der Waals surface area contributed by atoms with Crippen LogP contribution in [0.1, 0.15) is 24.4 Å². The van der Waals surface area contributed by atoms with Gasteiger partial charge in [-0.2, -0.15) is 0 Å². The number of imidazole rings is 1. The molecule has 1 rings (SSSR count). The molecule has 1 aromatic heterocycles. The van der Waals surface area contributed by atoms with E-state index in [9.17, 15) is 0 Å². The minimum Gasteiger partial charge on any atom is -0.385 e. The van der Waals surface area contributed by atoms with Gasteiger partial charge in [-0.15, -0.1) is 0 Å². The van der Waals surface area contributed by atoms with Gasteiger partial charge in [0.25, 0.3) is 0 Å². The maximum atomic E-state index is 5.03. The highest BCUT2D eigenvalue weighted by Crippen LogP contribution is 2.06. The van der Waals surface area contributed by atoms with E-state index < -0.39 is 0 Å². The van der Waals surface area contributed by atoms with Gasteiger partial charge in [0.2, 0.25) is 0 Å². The zero-order chi connectivity index (χ0) is 11.1. The molecule has 0 bridgehead atoms. The molecule has 0 aliphatic rings. The number of ether oxygens (including phenoxy) is 1. The summed E-state index contributed by atoms with van der Waals surface area (Å²) in [5.41, 5.74) is 1.26. The summed E-state index contributed by atoms with van der Waals surface area (Å²) in [6.45, 7) is 4.81. The summed E-state index contributed by atoms with van der Waals surface area (Å²) in [5, 5.41) is 3.15. The van der Waals surface area contributed by atoms with Crippen LogP contribution in [0.2, 0.25) is 0 Å². The second kappa shape index (κ2) is 6.58. The molecule has 0 aromatic carbocycles. The Balaban J connectivity index is 2.46. The number of unbranched alkanes of at least 4 members (excludes halogenated alkanes) is 1. The van der Waals surface area contributed by atoms with Crippen LogP contribution in [0.5, 0.6) is 0 Å². The van der Waals surface area contributed by atoms with E-state index in [1.165, 1.54) is 5.69 Å². The van der Waals surface area contributed by atoms with Crippen LogP contribution in [-0.4, -0.2) is 30.3 Å². The largest absolute Gasteiger partial charge is 0.385 e. The number of aromatic nitrogens is 2. The van der Waals surface area contributed by atoms with E-state index >= 15 is 0 Å². The molecule has 0 saturated heterocycles. The fourth-order valence-corrected chi connectivity index (χ4v) is 1.66. The van der Waals surface area contributed by atoms with Crippen LogP contribution in [-0.2, 0) is 17.8 Å². The van der Waals surface area contributed by atoms with E-state index in [2.05, 4.69) is 21.8 Å². The Morgan fingerprint density at radius 2 is 2.27 bits per heavy atom. The van der Waals surface area contributed by atoms with Crippen molar-refractivity contribution in [2.75, 3.05) is 20.8 Å². The number of hydrogen-bond acceptors (Lipinski definition) is 3. The molecule has 4 nitrogen and oxygen atoms in total. The van der Waals surface area contributed by atoms with E-state index in [0.717, 1.165) is 38.4 Å². The Morgan fingerprint density at radius 1 is 1.47 bits per heavy atom. The first-order valence-electron chi connectivity index (χ1n) is 5.44. The molecule has 4 heteroatoms. The molecule has 0 saturated carbocycles. The Morgan fingerprint density at radius 3 is 2.93 bits per heavy atom. The van der Waals surface area contributed by atoms with Gasteiger partial charge in [0.05, 0.1) is 5.69 Å². The van der Waals surface area contributed by atoms with Crippen molar-refractivity contribution in [3.8, 4) is 0 Å². The Hall–Kier alpha value is -0.870. The monoisotopic (exact) mass is 211 g/mol. The van der Waals surface area contributed by atoms with Crippen LogP contribution in [0.25, 0.3) is 0 Å². The normalized spacial score (nSPS) is 10.9. The first-order chi connectivity index (χ1) is 7.29. The topological polar surface area (TPSA) is 39.1 Å². The van der Waals surface area contributed by atoms with Crippen molar-refractivity contribution in [2.24, 2.45) is 0 Å². The van der Waals surface area contributed by atoms with Crippen LogP contribution in [0, 0.1) is 6.92 Å². The lowest BCUT2D eigenvalue weighted by Crippen LogP contribution is -2.12. The van der Waals surface area contributed by atoms with E-state index in [4.69, 9.17) is 4.74 Å². The highest BCUT2D eigenvalue weighted by atomic mass is 16.5. The van der Waals surface area contributed by atoms with Gasteiger partial charge in [0, 0.05) is 33.0 Å². The van der Waals surface area contributed by atoms with Gasteiger partial charge < -0.3 is 14.6 Å². The Bertz CT molecular complexity index is 283. The van der Waals surface area contributed by atoms with Gasteiger partial charge in [0.15, 0.2) is 0 Å². The molecule has 1 aromatic rings. The molecule has 0 amide bonds. The number of methoxy groups -OCH3 is 1. The minimum absolute atomic E-state index is 0.842. The SMILES string of the molecule is CNCc1cnc(C)n1CCCCOC. The third kappa shape index (κ3) is 3.64. The van der Waals surface area contributed by atoms with Crippen molar-refractivity contribution < 1.29 is 4.74 Å². The van der Waals surface area contributed by atoms with Gasteiger partial charge in [-0.05, 0) is 26.8 Å². The molecule has 1 N–H and O–H groups in total. The van der Waals surface area contributed by atoms with E-state index in [1.54, 1.807) is 7.11 Å². The molecule has 0 aliphatic carbocycles. The lowest BCUT2D eigenvalue weighted by Gasteiger charge is -2.09. The van der Waals surface area contributed by atoms with Crippen LogP contribution in [0.15, 0.2) is 6.20 Å². The summed E-state index contributed by atoms with van der Waals surface area (Å²) in [6, 6.07) is 0. The fraction of sp³-hybridized carbons (Fsp3) is 0.727. The summed E-state index contributed by atoms with van der Waals surface area (Å²) >= 11 is 0. The first kappa shape index (κ1) is 12.2. The second-order valence-electron chi connectivity index (χ2n) is 3.68. The lowest BCUT2D eigenvalue weighted by molar-refractivity contribution is 0.191. The van der Waals surface area contributed by atoms with Crippen molar-refractivity contribution in [3.05, 3.63) is 17.7 Å². The third-order valence-corrected chi connectivity index (χ3v) is 2.48. The van der Waals surface area contributed by atoms with Gasteiger partial charge in [-0.3, -0.25) is 0 Å². The molecule has 0 spiro atoms. The molecular formula is C11H21N3O. The molecule has 0 unspecified atom stereocenters. The van der Waals surface area contributed by atoms with E-state index in [-0.39, 0.29) is 0 Å². The molecule has 0 aliphatic heterocycles. The number of hydrogen-bond donors (Lipinski definition) is 1. The predicted molar refractivity (Wildman–Crippen MR) is 60.8 cm³/mol. The van der Waals surface area contributed by atoms with Gasteiger partial charge in [0.1, 0.15) is 5.82 Å². The zero-order valence-electron chi connectivity index (χ0n) is 9.92. The average Bonchev–Trinajstić information content (AvgIpc) is 2.56. The van der Waals surface area contributed by atoms with E-state index in [0.29, 0.717) is 0 Å². The number of nitrogens with one attached hydrogen (secondary N) is 1. The smallest absolute Gasteiger partial charge is 0.105 e. The standard InChI is InChI=1S/C11H21N3O/c1-10-13-9-11(8-12-2)14(10)6-4-5-7-15-3/h9,12H,4-8H2,1-3H3. The average molecular weight is 211 g/mol. The fourth-order valence-electron chi connectivity index (χ4n) is 1.66. The van der Waals surface area contributed by atoms with Gasteiger partial charge in [-0.25, -0.2) is 4.98 Å². The van der Waals surface area contributed by atoms with Crippen molar-refractivity contribution in [1.29, 1.82) is 0 Å². The highest BCUT2D eigenvalue weighted by Gasteiger charge is 2.04.